The number of fused-ring (bicyclic) bond motifs is 4. The first kappa shape index (κ1) is 17.7. The Hall–Kier alpha value is -4.10. The van der Waals surface area contributed by atoms with Crippen molar-refractivity contribution in [3.8, 4) is 11.1 Å². The minimum absolute atomic E-state index is 1.09. The van der Waals surface area contributed by atoms with Crippen LogP contribution in [-0.2, 0) is 0 Å². The smallest absolute Gasteiger partial charge is 0.0464 e. The van der Waals surface area contributed by atoms with Crippen molar-refractivity contribution in [2.75, 3.05) is 5.32 Å². The zero-order valence-electron chi connectivity index (χ0n) is 17.0. The minimum atomic E-state index is 1.09. The van der Waals surface area contributed by atoms with Gasteiger partial charge in [0, 0.05) is 16.8 Å². The van der Waals surface area contributed by atoms with Gasteiger partial charge in [-0.25, -0.2) is 0 Å². The van der Waals surface area contributed by atoms with Gasteiger partial charge in [0.1, 0.15) is 0 Å². The molecule has 0 amide bonds. The van der Waals surface area contributed by atoms with Gasteiger partial charge in [-0.15, -0.1) is 0 Å². The molecule has 1 nitrogen and oxygen atoms in total. The molecule has 1 heteroatoms. The molecular formula is C30H21N. The van der Waals surface area contributed by atoms with Crippen molar-refractivity contribution in [3.63, 3.8) is 0 Å². The van der Waals surface area contributed by atoms with Crippen molar-refractivity contribution >= 4 is 43.7 Å². The molecule has 6 rings (SSSR count). The molecule has 0 atom stereocenters. The first-order chi connectivity index (χ1) is 15.4. The van der Waals surface area contributed by atoms with Crippen LogP contribution in [0.1, 0.15) is 0 Å². The molecule has 1 N–H and O–H groups in total. The summed E-state index contributed by atoms with van der Waals surface area (Å²) in [6.45, 7) is 0. The zero-order valence-corrected chi connectivity index (χ0v) is 17.0. The van der Waals surface area contributed by atoms with Crippen LogP contribution in [-0.4, -0.2) is 0 Å². The fraction of sp³-hybridized carbons (Fsp3) is 0. The van der Waals surface area contributed by atoms with Crippen LogP contribution in [0.25, 0.3) is 43.4 Å². The molecule has 6 aromatic carbocycles. The van der Waals surface area contributed by atoms with E-state index in [1.54, 1.807) is 0 Å². The average molecular weight is 396 g/mol. The SMILES string of the molecule is c1cc(Nc2cccc3c2ccc2ccccc23)cc(-c2cccc3ccccc23)c1. The maximum absolute atomic E-state index is 3.67. The fourth-order valence-electron chi connectivity index (χ4n) is 4.55. The molecule has 0 fully saturated rings. The fourth-order valence-corrected chi connectivity index (χ4v) is 4.55. The predicted octanol–water partition coefficient (Wildman–Crippen LogP) is 8.56. The van der Waals surface area contributed by atoms with E-state index < -0.39 is 0 Å². The molecule has 0 aliphatic rings. The summed E-state index contributed by atoms with van der Waals surface area (Å²) in [5, 5.41) is 11.3. The first-order valence-corrected chi connectivity index (χ1v) is 10.6. The Bertz CT molecular complexity index is 1560. The Morgan fingerprint density at radius 3 is 2.00 bits per heavy atom. The van der Waals surface area contributed by atoms with Crippen molar-refractivity contribution in [3.05, 3.63) is 121 Å². The molecular weight excluding hydrogens is 374 g/mol. The Balaban J connectivity index is 1.44. The van der Waals surface area contributed by atoms with Crippen molar-refractivity contribution in [1.82, 2.24) is 0 Å². The summed E-state index contributed by atoms with van der Waals surface area (Å²) in [6, 6.07) is 43.2. The number of hydrogen-bond donors (Lipinski definition) is 1. The molecule has 31 heavy (non-hydrogen) atoms. The van der Waals surface area contributed by atoms with E-state index in [0.717, 1.165) is 11.4 Å². The highest BCUT2D eigenvalue weighted by Gasteiger charge is 2.07. The summed E-state index contributed by atoms with van der Waals surface area (Å²) in [5.41, 5.74) is 4.68. The summed E-state index contributed by atoms with van der Waals surface area (Å²) in [7, 11) is 0. The molecule has 6 aromatic rings. The zero-order chi connectivity index (χ0) is 20.6. The monoisotopic (exact) mass is 395 g/mol. The van der Waals surface area contributed by atoms with Crippen LogP contribution in [0.15, 0.2) is 121 Å². The Morgan fingerprint density at radius 1 is 0.419 bits per heavy atom. The average Bonchev–Trinajstić information content (AvgIpc) is 2.84. The number of rotatable bonds is 3. The van der Waals surface area contributed by atoms with E-state index >= 15 is 0 Å². The summed E-state index contributed by atoms with van der Waals surface area (Å²) in [6.07, 6.45) is 0. The van der Waals surface area contributed by atoms with Crippen LogP contribution in [0.2, 0.25) is 0 Å². The highest BCUT2D eigenvalue weighted by atomic mass is 14.9. The third kappa shape index (κ3) is 3.12. The maximum atomic E-state index is 3.67. The largest absolute Gasteiger partial charge is 0.355 e. The second-order valence-corrected chi connectivity index (χ2v) is 7.92. The molecule has 146 valence electrons. The lowest BCUT2D eigenvalue weighted by atomic mass is 9.98. The number of anilines is 2. The Kier molecular flexibility index (Phi) is 4.18. The lowest BCUT2D eigenvalue weighted by Gasteiger charge is -2.13. The van der Waals surface area contributed by atoms with E-state index in [4.69, 9.17) is 0 Å². The molecule has 0 unspecified atom stereocenters. The summed E-state index contributed by atoms with van der Waals surface area (Å²) >= 11 is 0. The van der Waals surface area contributed by atoms with Gasteiger partial charge in [0.25, 0.3) is 0 Å². The molecule has 0 saturated heterocycles. The third-order valence-corrected chi connectivity index (χ3v) is 6.03. The lowest BCUT2D eigenvalue weighted by molar-refractivity contribution is 1.57. The highest BCUT2D eigenvalue weighted by Crippen LogP contribution is 2.34. The predicted molar refractivity (Wildman–Crippen MR) is 134 cm³/mol. The molecule has 0 heterocycles. The quantitative estimate of drug-likeness (QED) is 0.296. The highest BCUT2D eigenvalue weighted by molar-refractivity contribution is 6.11. The van der Waals surface area contributed by atoms with Crippen LogP contribution in [0.5, 0.6) is 0 Å². The Morgan fingerprint density at radius 2 is 1.10 bits per heavy atom. The van der Waals surface area contributed by atoms with E-state index in [9.17, 15) is 0 Å². The summed E-state index contributed by atoms with van der Waals surface area (Å²) < 4.78 is 0. The van der Waals surface area contributed by atoms with Gasteiger partial charge in [0.05, 0.1) is 0 Å². The van der Waals surface area contributed by atoms with Gasteiger partial charge in [-0.2, -0.15) is 0 Å². The number of hydrogen-bond acceptors (Lipinski definition) is 1. The Labute approximate surface area is 181 Å². The molecule has 0 saturated carbocycles. The van der Waals surface area contributed by atoms with Crippen molar-refractivity contribution < 1.29 is 0 Å². The van der Waals surface area contributed by atoms with Gasteiger partial charge in [-0.1, -0.05) is 103 Å². The minimum Gasteiger partial charge on any atom is -0.355 e. The number of benzene rings is 6. The molecule has 0 bridgehead atoms. The summed E-state index contributed by atoms with van der Waals surface area (Å²) in [5.74, 6) is 0. The van der Waals surface area contributed by atoms with Gasteiger partial charge in [-0.05, 0) is 56.3 Å². The van der Waals surface area contributed by atoms with Crippen LogP contribution in [0.3, 0.4) is 0 Å². The lowest BCUT2D eigenvalue weighted by Crippen LogP contribution is -1.92. The topological polar surface area (TPSA) is 12.0 Å². The van der Waals surface area contributed by atoms with Crippen LogP contribution >= 0.6 is 0 Å². The van der Waals surface area contributed by atoms with Crippen LogP contribution < -0.4 is 5.32 Å². The van der Waals surface area contributed by atoms with Gasteiger partial charge < -0.3 is 5.32 Å². The van der Waals surface area contributed by atoms with Crippen molar-refractivity contribution in [2.45, 2.75) is 0 Å². The van der Waals surface area contributed by atoms with Gasteiger partial charge in [0.2, 0.25) is 0 Å². The van der Waals surface area contributed by atoms with E-state index in [1.807, 2.05) is 0 Å². The van der Waals surface area contributed by atoms with Gasteiger partial charge >= 0.3 is 0 Å². The van der Waals surface area contributed by atoms with Crippen LogP contribution in [0.4, 0.5) is 11.4 Å². The first-order valence-electron chi connectivity index (χ1n) is 10.6. The van der Waals surface area contributed by atoms with Gasteiger partial charge in [-0.3, -0.25) is 0 Å². The molecule has 0 aliphatic carbocycles. The van der Waals surface area contributed by atoms with E-state index in [1.165, 1.54) is 43.4 Å². The van der Waals surface area contributed by atoms with Crippen molar-refractivity contribution in [2.24, 2.45) is 0 Å². The molecule has 0 aliphatic heterocycles. The second-order valence-electron chi connectivity index (χ2n) is 7.92. The van der Waals surface area contributed by atoms with Crippen LogP contribution in [0, 0.1) is 0 Å². The second kappa shape index (κ2) is 7.30. The molecule has 0 spiro atoms. The standard InChI is InChI=1S/C30H21N/c1-3-13-25-21(8-1)10-6-15-27(25)23-11-5-12-24(20-23)31-30-17-7-16-28-26-14-4-2-9-22(26)18-19-29(28)30/h1-20,31H. The van der Waals surface area contributed by atoms with Crippen molar-refractivity contribution in [1.29, 1.82) is 0 Å². The van der Waals surface area contributed by atoms with Gasteiger partial charge in [0.15, 0.2) is 0 Å². The van der Waals surface area contributed by atoms with E-state index in [2.05, 4.69) is 127 Å². The maximum Gasteiger partial charge on any atom is 0.0464 e. The third-order valence-electron chi connectivity index (χ3n) is 6.03. The normalized spacial score (nSPS) is 11.2. The number of nitrogens with one attached hydrogen (secondary N) is 1. The summed E-state index contributed by atoms with van der Waals surface area (Å²) in [4.78, 5) is 0. The molecule has 0 radical (unpaired) electrons. The van der Waals surface area contributed by atoms with E-state index in [-0.39, 0.29) is 0 Å². The van der Waals surface area contributed by atoms with E-state index in [0.29, 0.717) is 0 Å². The molecule has 0 aromatic heterocycles.